The second kappa shape index (κ2) is 5.07. The van der Waals surface area contributed by atoms with Crippen molar-refractivity contribution >= 4 is 43.2 Å². The maximum Gasteiger partial charge on any atom is 0.182 e. The number of thiazole rings is 1. The highest BCUT2D eigenvalue weighted by Crippen LogP contribution is 2.21. The molecule has 0 saturated heterocycles. The molecule has 0 saturated carbocycles. The molecule has 18 heavy (non-hydrogen) atoms. The van der Waals surface area contributed by atoms with E-state index >= 15 is 0 Å². The topological polar surface area (TPSA) is 62.9 Å². The molecule has 0 aliphatic carbocycles. The van der Waals surface area contributed by atoms with E-state index in [-0.39, 0.29) is 0 Å². The van der Waals surface area contributed by atoms with Gasteiger partial charge >= 0.3 is 0 Å². The number of hydrogen-bond donors (Lipinski definition) is 1. The molecule has 0 aliphatic rings. The van der Waals surface area contributed by atoms with E-state index < -0.39 is 9.84 Å². The lowest BCUT2D eigenvalue weighted by Gasteiger charge is -2.03. The van der Waals surface area contributed by atoms with Crippen molar-refractivity contribution in [2.24, 2.45) is 0 Å². The van der Waals surface area contributed by atoms with Crippen LogP contribution in [0.2, 0.25) is 0 Å². The molecule has 0 amide bonds. The van der Waals surface area contributed by atoms with Crippen LogP contribution in [0.4, 0.5) is 0 Å². The molecule has 1 aromatic carbocycles. The summed E-state index contributed by atoms with van der Waals surface area (Å²) in [4.78, 5) is 0.776. The molecule has 0 atom stereocenters. The normalized spacial score (nSPS) is 12.1. The Bertz CT molecular complexity index is 728. The van der Waals surface area contributed by atoms with Crippen molar-refractivity contribution in [2.45, 2.75) is 11.4 Å². The Morgan fingerprint density at radius 1 is 1.44 bits per heavy atom. The number of aryl methyl sites for hydroxylation is 1. The fraction of sp³-hybridized carbons (Fsp3) is 0.364. The second-order valence-electron chi connectivity index (χ2n) is 3.95. The minimum absolute atomic E-state index is 0.313. The zero-order valence-corrected chi connectivity index (χ0v) is 12.6. The Hall–Kier alpha value is -0.790. The van der Waals surface area contributed by atoms with Crippen molar-refractivity contribution in [1.29, 1.82) is 5.41 Å². The van der Waals surface area contributed by atoms with Crippen molar-refractivity contribution < 1.29 is 8.42 Å². The molecule has 7 heteroatoms. The van der Waals surface area contributed by atoms with Crippen LogP contribution < -0.4 is 4.80 Å². The first-order valence-corrected chi connectivity index (χ1v) is 9.40. The van der Waals surface area contributed by atoms with Gasteiger partial charge in [-0.3, -0.25) is 5.41 Å². The molecular formula is C11H14N2O2S3. The number of sulfone groups is 1. The molecule has 98 valence electrons. The molecule has 0 radical (unpaired) electrons. The van der Waals surface area contributed by atoms with Gasteiger partial charge in [-0.25, -0.2) is 8.42 Å². The van der Waals surface area contributed by atoms with Gasteiger partial charge in [-0.2, -0.15) is 11.8 Å². The van der Waals surface area contributed by atoms with Crippen molar-refractivity contribution in [3.63, 3.8) is 0 Å². The maximum atomic E-state index is 11.5. The first-order chi connectivity index (χ1) is 8.43. The van der Waals surface area contributed by atoms with Gasteiger partial charge in [-0.1, -0.05) is 11.3 Å². The average Bonchev–Trinajstić information content (AvgIpc) is 2.60. The van der Waals surface area contributed by atoms with Crippen molar-refractivity contribution in [3.8, 4) is 0 Å². The Morgan fingerprint density at radius 3 is 2.78 bits per heavy atom. The molecule has 0 spiro atoms. The van der Waals surface area contributed by atoms with Gasteiger partial charge < -0.3 is 4.57 Å². The summed E-state index contributed by atoms with van der Waals surface area (Å²) in [5.74, 6) is 0.941. The third-order valence-electron chi connectivity index (χ3n) is 2.62. The lowest BCUT2D eigenvalue weighted by atomic mass is 10.3. The first kappa shape index (κ1) is 13.6. The van der Waals surface area contributed by atoms with Crippen LogP contribution in [0.3, 0.4) is 0 Å². The van der Waals surface area contributed by atoms with E-state index in [9.17, 15) is 8.42 Å². The molecule has 0 unspecified atom stereocenters. The van der Waals surface area contributed by atoms with Gasteiger partial charge in [0.05, 0.1) is 15.1 Å². The van der Waals surface area contributed by atoms with Crippen LogP contribution in [0.25, 0.3) is 10.2 Å². The van der Waals surface area contributed by atoms with Crippen LogP contribution in [0.15, 0.2) is 23.1 Å². The lowest BCUT2D eigenvalue weighted by Crippen LogP contribution is -2.14. The summed E-state index contributed by atoms with van der Waals surface area (Å²) in [5.41, 5.74) is 0.937. The van der Waals surface area contributed by atoms with Crippen LogP contribution in [0, 0.1) is 5.41 Å². The SMILES string of the molecule is CSCCn1c(=N)sc2cc(S(C)(=O)=O)ccc21. The number of nitrogens with one attached hydrogen (secondary N) is 1. The summed E-state index contributed by atoms with van der Waals surface area (Å²) in [5, 5.41) is 7.93. The van der Waals surface area contributed by atoms with Gasteiger partial charge in [0.1, 0.15) is 0 Å². The summed E-state index contributed by atoms with van der Waals surface area (Å²) in [6.45, 7) is 0.776. The standard InChI is InChI=1S/C11H14N2O2S3/c1-16-6-5-13-9-4-3-8(18(2,14)15)7-10(9)17-11(13)12/h3-4,7,12H,5-6H2,1-2H3. The van der Waals surface area contributed by atoms with Gasteiger partial charge in [-0.15, -0.1) is 0 Å². The van der Waals surface area contributed by atoms with Gasteiger partial charge in [0.25, 0.3) is 0 Å². The summed E-state index contributed by atoms with van der Waals surface area (Å²) < 4.78 is 25.7. The minimum atomic E-state index is -3.18. The Balaban J connectivity index is 2.58. The minimum Gasteiger partial charge on any atom is -0.316 e. The maximum absolute atomic E-state index is 11.5. The third kappa shape index (κ3) is 2.62. The van der Waals surface area contributed by atoms with Gasteiger partial charge in [-0.05, 0) is 24.5 Å². The average molecular weight is 302 g/mol. The monoisotopic (exact) mass is 302 g/mol. The summed E-state index contributed by atoms with van der Waals surface area (Å²) in [6.07, 6.45) is 3.23. The van der Waals surface area contributed by atoms with Gasteiger partial charge in [0, 0.05) is 18.6 Å². The lowest BCUT2D eigenvalue weighted by molar-refractivity contribution is 0.602. The molecule has 1 heterocycles. The largest absolute Gasteiger partial charge is 0.316 e. The van der Waals surface area contributed by atoms with E-state index in [1.54, 1.807) is 30.0 Å². The highest BCUT2D eigenvalue weighted by molar-refractivity contribution is 7.98. The number of nitrogens with zero attached hydrogens (tertiary/aromatic N) is 1. The van der Waals surface area contributed by atoms with E-state index in [0.29, 0.717) is 9.70 Å². The number of aromatic nitrogens is 1. The van der Waals surface area contributed by atoms with Crippen LogP contribution in [0.5, 0.6) is 0 Å². The third-order valence-corrected chi connectivity index (χ3v) is 5.28. The zero-order chi connectivity index (χ0) is 13.3. The smallest absolute Gasteiger partial charge is 0.182 e. The second-order valence-corrected chi connectivity index (χ2v) is 7.99. The van der Waals surface area contributed by atoms with Crippen LogP contribution in [-0.2, 0) is 16.4 Å². The molecule has 0 fully saturated rings. The van der Waals surface area contributed by atoms with E-state index in [0.717, 1.165) is 22.5 Å². The number of thioether (sulfide) groups is 1. The number of hydrogen-bond acceptors (Lipinski definition) is 5. The van der Waals surface area contributed by atoms with Crippen molar-refractivity contribution in [1.82, 2.24) is 4.57 Å². The van der Waals surface area contributed by atoms with Crippen LogP contribution >= 0.6 is 23.1 Å². The molecule has 4 nitrogen and oxygen atoms in total. The van der Waals surface area contributed by atoms with Crippen LogP contribution in [-0.4, -0.2) is 31.2 Å². The van der Waals surface area contributed by atoms with Crippen molar-refractivity contribution in [3.05, 3.63) is 23.0 Å². The Morgan fingerprint density at radius 2 is 2.17 bits per heavy atom. The molecule has 1 aromatic heterocycles. The predicted octanol–water partition coefficient (Wildman–Crippen LogP) is 1.95. The van der Waals surface area contributed by atoms with Gasteiger partial charge in [0.2, 0.25) is 0 Å². The molecular weight excluding hydrogens is 288 g/mol. The predicted molar refractivity (Wildman–Crippen MR) is 77.2 cm³/mol. The molecule has 1 N–H and O–H groups in total. The highest BCUT2D eigenvalue weighted by Gasteiger charge is 2.11. The van der Waals surface area contributed by atoms with Gasteiger partial charge in [0.15, 0.2) is 14.6 Å². The quantitative estimate of drug-likeness (QED) is 0.939. The zero-order valence-electron chi connectivity index (χ0n) is 10.1. The molecule has 0 aliphatic heterocycles. The Kier molecular flexibility index (Phi) is 3.84. The van der Waals surface area contributed by atoms with E-state index in [4.69, 9.17) is 5.41 Å². The number of fused-ring (bicyclic) bond motifs is 1. The summed E-state index contributed by atoms with van der Waals surface area (Å²) in [6, 6.07) is 5.06. The number of rotatable bonds is 4. The fourth-order valence-corrected chi connectivity index (χ4v) is 3.77. The number of benzene rings is 1. The Labute approximate surface area is 114 Å². The summed E-state index contributed by atoms with van der Waals surface area (Å²) in [7, 11) is -3.18. The fourth-order valence-electron chi connectivity index (χ4n) is 1.70. The van der Waals surface area contributed by atoms with Crippen LogP contribution in [0.1, 0.15) is 0 Å². The first-order valence-electron chi connectivity index (χ1n) is 5.30. The molecule has 2 aromatic rings. The van der Waals surface area contributed by atoms with E-state index in [2.05, 4.69) is 0 Å². The highest BCUT2D eigenvalue weighted by atomic mass is 32.2. The van der Waals surface area contributed by atoms with E-state index in [1.165, 1.54) is 17.6 Å². The summed E-state index contributed by atoms with van der Waals surface area (Å²) >= 11 is 3.04. The van der Waals surface area contributed by atoms with Crippen molar-refractivity contribution in [2.75, 3.05) is 18.3 Å². The molecule has 2 rings (SSSR count). The van der Waals surface area contributed by atoms with E-state index in [1.807, 2.05) is 10.8 Å². The molecule has 0 bridgehead atoms.